The monoisotopic (exact) mass is 494 g/mol. The van der Waals surface area contributed by atoms with E-state index in [9.17, 15) is 9.59 Å². The minimum absolute atomic E-state index is 0.240. The highest BCUT2D eigenvalue weighted by atomic mass is 35.5. The van der Waals surface area contributed by atoms with E-state index >= 15 is 0 Å². The molecule has 1 N–H and O–H groups in total. The number of ether oxygens (including phenoxy) is 1. The van der Waals surface area contributed by atoms with Gasteiger partial charge < -0.3 is 4.74 Å². The number of nitrogens with zero attached hydrogens (tertiary/aromatic N) is 1. The quantitative estimate of drug-likeness (QED) is 0.348. The number of hydrazine groups is 1. The zero-order valence-electron chi connectivity index (χ0n) is 17.6. The molecule has 1 aliphatic rings. The molecule has 1 aliphatic heterocycles. The summed E-state index contributed by atoms with van der Waals surface area (Å²) in [7, 11) is 0. The molecule has 166 valence electrons. The number of carbonyl (C=O) groups is 2. The Morgan fingerprint density at radius 1 is 1.09 bits per heavy atom. The van der Waals surface area contributed by atoms with Gasteiger partial charge in [0.1, 0.15) is 12.4 Å². The van der Waals surface area contributed by atoms with Crippen LogP contribution in [0.15, 0.2) is 77.7 Å². The highest BCUT2D eigenvalue weighted by Gasteiger charge is 2.34. The first-order valence-corrected chi connectivity index (χ1v) is 11.6. The first-order chi connectivity index (χ1) is 15.9. The number of thiocarbonyl (C=S) groups is 1. The highest BCUT2D eigenvalue weighted by molar-refractivity contribution is 8.26. The van der Waals surface area contributed by atoms with Gasteiger partial charge >= 0.3 is 0 Å². The SMILES string of the molecule is Cc1ccc(COc2ccc(/C=C3\SC(=S)N(NC(=O)c4ccccc4Cl)C3=O)cc2)cc1. The Morgan fingerprint density at radius 2 is 1.79 bits per heavy atom. The smallest absolute Gasteiger partial charge is 0.285 e. The lowest BCUT2D eigenvalue weighted by molar-refractivity contribution is -0.123. The fourth-order valence-corrected chi connectivity index (χ4v) is 4.43. The molecular formula is C25H19ClN2O3S2. The van der Waals surface area contributed by atoms with Gasteiger partial charge in [0.2, 0.25) is 0 Å². The Balaban J connectivity index is 1.40. The fraction of sp³-hybridized carbons (Fsp3) is 0.0800. The largest absolute Gasteiger partial charge is 0.489 e. The zero-order chi connectivity index (χ0) is 23.4. The van der Waals surface area contributed by atoms with Gasteiger partial charge in [-0.1, -0.05) is 77.5 Å². The minimum Gasteiger partial charge on any atom is -0.489 e. The summed E-state index contributed by atoms with van der Waals surface area (Å²) in [5.74, 6) is -0.175. The van der Waals surface area contributed by atoms with Crippen molar-refractivity contribution in [3.05, 3.63) is 105 Å². The maximum absolute atomic E-state index is 12.8. The summed E-state index contributed by atoms with van der Waals surface area (Å²) < 4.78 is 6.07. The van der Waals surface area contributed by atoms with E-state index in [2.05, 4.69) is 17.6 Å². The van der Waals surface area contributed by atoms with E-state index in [1.54, 1.807) is 30.3 Å². The molecule has 4 rings (SSSR count). The third kappa shape index (κ3) is 5.63. The second kappa shape index (κ2) is 10.2. The number of hydrogen-bond donors (Lipinski definition) is 1. The van der Waals surface area contributed by atoms with Crippen LogP contribution in [-0.2, 0) is 11.4 Å². The first-order valence-electron chi connectivity index (χ1n) is 10.0. The topological polar surface area (TPSA) is 58.6 Å². The molecule has 1 saturated heterocycles. The van der Waals surface area contributed by atoms with Crippen LogP contribution >= 0.6 is 35.6 Å². The Hall–Kier alpha value is -3.13. The number of nitrogens with one attached hydrogen (secondary N) is 1. The number of aryl methyl sites for hydroxylation is 1. The van der Waals surface area contributed by atoms with Crippen molar-refractivity contribution in [1.29, 1.82) is 0 Å². The van der Waals surface area contributed by atoms with E-state index in [0.29, 0.717) is 16.5 Å². The van der Waals surface area contributed by atoms with Gasteiger partial charge in [-0.25, -0.2) is 0 Å². The maximum atomic E-state index is 12.8. The molecule has 0 bridgehead atoms. The van der Waals surface area contributed by atoms with Gasteiger partial charge in [0.25, 0.3) is 11.8 Å². The van der Waals surface area contributed by atoms with Crippen LogP contribution in [0.4, 0.5) is 0 Å². The average molecular weight is 495 g/mol. The number of benzene rings is 3. The van der Waals surface area contributed by atoms with Crippen molar-refractivity contribution in [1.82, 2.24) is 10.4 Å². The van der Waals surface area contributed by atoms with E-state index in [4.69, 9.17) is 28.6 Å². The predicted octanol–water partition coefficient (Wildman–Crippen LogP) is 5.77. The summed E-state index contributed by atoms with van der Waals surface area (Å²) in [5, 5.41) is 1.36. The van der Waals surface area contributed by atoms with Crippen LogP contribution in [0.2, 0.25) is 5.02 Å². The first kappa shape index (κ1) is 23.0. The molecule has 0 aliphatic carbocycles. The van der Waals surface area contributed by atoms with Crippen LogP contribution in [-0.4, -0.2) is 21.1 Å². The fourth-order valence-electron chi connectivity index (χ4n) is 3.03. The van der Waals surface area contributed by atoms with Gasteiger partial charge in [-0.05, 0) is 60.6 Å². The van der Waals surface area contributed by atoms with Crippen molar-refractivity contribution in [2.24, 2.45) is 0 Å². The summed E-state index contributed by atoms with van der Waals surface area (Å²) in [5.41, 5.74) is 5.91. The third-order valence-electron chi connectivity index (χ3n) is 4.83. The third-order valence-corrected chi connectivity index (χ3v) is 6.46. The van der Waals surface area contributed by atoms with E-state index in [1.807, 2.05) is 43.3 Å². The molecule has 33 heavy (non-hydrogen) atoms. The molecule has 0 spiro atoms. The number of thioether (sulfide) groups is 1. The van der Waals surface area contributed by atoms with Gasteiger partial charge in [-0.15, -0.1) is 0 Å². The van der Waals surface area contributed by atoms with Crippen LogP contribution in [0.3, 0.4) is 0 Å². The molecule has 3 aromatic rings. The lowest BCUT2D eigenvalue weighted by Gasteiger charge is -2.16. The van der Waals surface area contributed by atoms with Gasteiger partial charge in [0.15, 0.2) is 4.32 Å². The Bertz CT molecular complexity index is 1240. The molecule has 2 amide bonds. The molecule has 8 heteroatoms. The van der Waals surface area contributed by atoms with Crippen molar-refractivity contribution < 1.29 is 14.3 Å². The summed E-state index contributed by atoms with van der Waals surface area (Å²) in [6.07, 6.45) is 1.73. The number of carbonyl (C=O) groups excluding carboxylic acids is 2. The van der Waals surface area contributed by atoms with Crippen LogP contribution in [0.1, 0.15) is 27.0 Å². The second-order valence-corrected chi connectivity index (χ2v) is 9.36. The molecule has 3 aromatic carbocycles. The van der Waals surface area contributed by atoms with Crippen LogP contribution < -0.4 is 10.2 Å². The molecule has 0 aromatic heterocycles. The van der Waals surface area contributed by atoms with Gasteiger partial charge in [-0.3, -0.25) is 15.0 Å². The standard InChI is InChI=1S/C25H19ClN2O3S2/c1-16-6-8-18(9-7-16)15-31-19-12-10-17(11-13-19)14-22-24(30)28(25(32)33-22)27-23(29)20-4-2-3-5-21(20)26/h2-14H,15H2,1H3,(H,27,29)/b22-14-. The van der Waals surface area contributed by atoms with Crippen LogP contribution in [0.5, 0.6) is 5.75 Å². The number of amides is 2. The average Bonchev–Trinajstić information content (AvgIpc) is 3.07. The minimum atomic E-state index is -0.506. The lowest BCUT2D eigenvalue weighted by Crippen LogP contribution is -2.44. The molecule has 5 nitrogen and oxygen atoms in total. The lowest BCUT2D eigenvalue weighted by atomic mass is 10.1. The van der Waals surface area contributed by atoms with Gasteiger partial charge in [0.05, 0.1) is 15.5 Å². The van der Waals surface area contributed by atoms with Crippen LogP contribution in [0, 0.1) is 6.92 Å². The van der Waals surface area contributed by atoms with E-state index in [0.717, 1.165) is 33.6 Å². The molecule has 0 atom stereocenters. The van der Waals surface area contributed by atoms with Crippen molar-refractivity contribution >= 4 is 57.8 Å². The van der Waals surface area contributed by atoms with Crippen molar-refractivity contribution in [3.63, 3.8) is 0 Å². The summed E-state index contributed by atoms with van der Waals surface area (Å²) in [6.45, 7) is 2.52. The van der Waals surface area contributed by atoms with Gasteiger partial charge in [-0.2, -0.15) is 5.01 Å². The Morgan fingerprint density at radius 3 is 2.48 bits per heavy atom. The van der Waals surface area contributed by atoms with Crippen molar-refractivity contribution in [2.45, 2.75) is 13.5 Å². The zero-order valence-corrected chi connectivity index (χ0v) is 20.0. The summed E-state index contributed by atoms with van der Waals surface area (Å²) in [4.78, 5) is 25.7. The molecular weight excluding hydrogens is 476 g/mol. The molecule has 0 unspecified atom stereocenters. The van der Waals surface area contributed by atoms with E-state index < -0.39 is 11.8 Å². The number of halogens is 1. The van der Waals surface area contributed by atoms with Gasteiger partial charge in [0, 0.05) is 0 Å². The summed E-state index contributed by atoms with van der Waals surface area (Å²) in [6, 6.07) is 22.2. The molecule has 1 heterocycles. The second-order valence-electron chi connectivity index (χ2n) is 7.28. The molecule has 1 fully saturated rings. The van der Waals surface area contributed by atoms with Crippen molar-refractivity contribution in [2.75, 3.05) is 0 Å². The van der Waals surface area contributed by atoms with Crippen molar-refractivity contribution in [3.8, 4) is 5.75 Å². The normalized spacial score (nSPS) is 14.6. The number of hydrogen-bond acceptors (Lipinski definition) is 5. The number of rotatable bonds is 6. The van der Waals surface area contributed by atoms with Crippen LogP contribution in [0.25, 0.3) is 6.08 Å². The van der Waals surface area contributed by atoms with E-state index in [1.165, 1.54) is 5.56 Å². The highest BCUT2D eigenvalue weighted by Crippen LogP contribution is 2.32. The Labute approximate surface area is 206 Å². The molecule has 0 radical (unpaired) electrons. The predicted molar refractivity (Wildman–Crippen MR) is 136 cm³/mol. The Kier molecular flexibility index (Phi) is 7.13. The van der Waals surface area contributed by atoms with E-state index in [-0.39, 0.29) is 9.88 Å². The summed E-state index contributed by atoms with van der Waals surface area (Å²) >= 11 is 12.5. The molecule has 0 saturated carbocycles. The maximum Gasteiger partial charge on any atom is 0.285 e.